The highest BCUT2D eigenvalue weighted by atomic mass is 16.3. The Kier molecular flexibility index (Phi) is 4.71. The van der Waals surface area contributed by atoms with Crippen molar-refractivity contribution in [3.05, 3.63) is 23.8 Å². The Hall–Kier alpha value is -0.680. The average molecular weight is 336 g/mol. The number of aliphatic hydroxyl groups excluding tert-OH is 4. The Labute approximate surface area is 144 Å². The Morgan fingerprint density at radius 1 is 1.29 bits per heavy atom. The van der Waals surface area contributed by atoms with Gasteiger partial charge in [-0.05, 0) is 54.9 Å². The molecule has 0 bridgehead atoms. The van der Waals surface area contributed by atoms with Crippen LogP contribution >= 0.6 is 0 Å². The van der Waals surface area contributed by atoms with Crippen molar-refractivity contribution in [2.75, 3.05) is 13.2 Å². The van der Waals surface area contributed by atoms with Gasteiger partial charge in [0.05, 0.1) is 25.4 Å². The second kappa shape index (κ2) is 6.24. The highest BCUT2D eigenvalue weighted by molar-refractivity contribution is 5.27. The molecule has 0 aliphatic heterocycles. The van der Waals surface area contributed by atoms with E-state index in [9.17, 15) is 20.4 Å². The molecular formula is C20H32O4. The number of hydrogen-bond donors (Lipinski definition) is 4. The van der Waals surface area contributed by atoms with E-state index in [0.29, 0.717) is 12.8 Å². The second-order valence-corrected chi connectivity index (χ2v) is 8.79. The lowest BCUT2D eigenvalue weighted by Gasteiger charge is -2.61. The molecule has 0 saturated heterocycles. The molecule has 0 aromatic rings. The van der Waals surface area contributed by atoms with Crippen LogP contribution in [0.15, 0.2) is 23.8 Å². The maximum atomic E-state index is 10.9. The number of fused-ring (bicyclic) bond motifs is 3. The smallest absolute Gasteiger partial charge is 0.0641 e. The molecule has 3 aliphatic rings. The van der Waals surface area contributed by atoms with E-state index in [0.717, 1.165) is 24.8 Å². The Bertz CT molecular complexity index is 542. The first-order chi connectivity index (χ1) is 11.3. The van der Waals surface area contributed by atoms with Gasteiger partial charge in [-0.3, -0.25) is 0 Å². The van der Waals surface area contributed by atoms with Gasteiger partial charge in [0.15, 0.2) is 0 Å². The maximum absolute atomic E-state index is 10.9. The molecule has 4 heteroatoms. The molecule has 0 radical (unpaired) electrons. The highest BCUT2D eigenvalue weighted by Crippen LogP contribution is 2.62. The van der Waals surface area contributed by atoms with Crippen molar-refractivity contribution in [1.82, 2.24) is 0 Å². The van der Waals surface area contributed by atoms with Crippen LogP contribution in [0, 0.1) is 28.6 Å². The molecule has 2 fully saturated rings. The molecule has 4 N–H and O–H groups in total. The van der Waals surface area contributed by atoms with Crippen LogP contribution in [0.1, 0.15) is 46.0 Å². The molecule has 7 atom stereocenters. The predicted octanol–water partition coefficient (Wildman–Crippen LogP) is 2.03. The summed E-state index contributed by atoms with van der Waals surface area (Å²) in [6, 6.07) is 0. The van der Waals surface area contributed by atoms with Crippen LogP contribution in [0.4, 0.5) is 0 Å². The first-order valence-electron chi connectivity index (χ1n) is 9.22. The summed E-state index contributed by atoms with van der Waals surface area (Å²) in [5.41, 5.74) is 1.47. The summed E-state index contributed by atoms with van der Waals surface area (Å²) in [6.45, 7) is 8.14. The van der Waals surface area contributed by atoms with E-state index in [1.165, 1.54) is 5.57 Å². The number of allylic oxidation sites excluding steroid dienone is 1. The lowest BCUT2D eigenvalue weighted by molar-refractivity contribution is -0.161. The van der Waals surface area contributed by atoms with Gasteiger partial charge >= 0.3 is 0 Å². The number of hydrogen-bond acceptors (Lipinski definition) is 4. The number of aliphatic hydroxyl groups is 4. The van der Waals surface area contributed by atoms with Crippen LogP contribution in [0.2, 0.25) is 0 Å². The van der Waals surface area contributed by atoms with E-state index in [1.54, 1.807) is 0 Å². The minimum Gasteiger partial charge on any atom is -0.396 e. The quantitative estimate of drug-likeness (QED) is 0.595. The van der Waals surface area contributed by atoms with Gasteiger partial charge in [0, 0.05) is 11.3 Å². The maximum Gasteiger partial charge on any atom is 0.0641 e. The molecule has 0 heterocycles. The average Bonchev–Trinajstić information content (AvgIpc) is 2.57. The van der Waals surface area contributed by atoms with Crippen LogP contribution in [0.25, 0.3) is 0 Å². The fourth-order valence-electron chi connectivity index (χ4n) is 6.02. The monoisotopic (exact) mass is 336 g/mol. The van der Waals surface area contributed by atoms with Crippen LogP contribution < -0.4 is 0 Å². The Morgan fingerprint density at radius 3 is 2.62 bits per heavy atom. The highest BCUT2D eigenvalue weighted by Gasteiger charge is 2.59. The van der Waals surface area contributed by atoms with Crippen molar-refractivity contribution in [3.8, 4) is 0 Å². The van der Waals surface area contributed by atoms with Crippen molar-refractivity contribution < 1.29 is 20.4 Å². The van der Waals surface area contributed by atoms with E-state index >= 15 is 0 Å². The van der Waals surface area contributed by atoms with Gasteiger partial charge in [-0.15, -0.1) is 0 Å². The van der Waals surface area contributed by atoms with Gasteiger partial charge in [0.25, 0.3) is 0 Å². The molecule has 3 aliphatic carbocycles. The van der Waals surface area contributed by atoms with Crippen molar-refractivity contribution in [2.24, 2.45) is 28.6 Å². The van der Waals surface area contributed by atoms with E-state index < -0.39 is 17.6 Å². The van der Waals surface area contributed by atoms with Crippen molar-refractivity contribution in [2.45, 2.75) is 58.2 Å². The van der Waals surface area contributed by atoms with Crippen LogP contribution in [-0.4, -0.2) is 45.8 Å². The summed E-state index contributed by atoms with van der Waals surface area (Å²) in [4.78, 5) is 0. The van der Waals surface area contributed by atoms with Gasteiger partial charge in [0.1, 0.15) is 0 Å². The number of rotatable bonds is 3. The molecular weight excluding hydrogens is 304 g/mol. The first kappa shape index (κ1) is 18.1. The minimum atomic E-state index is -0.514. The van der Waals surface area contributed by atoms with Crippen molar-refractivity contribution in [3.63, 3.8) is 0 Å². The lowest BCUT2D eigenvalue weighted by atomic mass is 9.45. The summed E-state index contributed by atoms with van der Waals surface area (Å²) < 4.78 is 0. The van der Waals surface area contributed by atoms with Crippen LogP contribution in [-0.2, 0) is 0 Å². The zero-order valence-electron chi connectivity index (χ0n) is 14.9. The normalized spacial score (nSPS) is 48.2. The fourth-order valence-corrected chi connectivity index (χ4v) is 6.02. The largest absolute Gasteiger partial charge is 0.396 e. The van der Waals surface area contributed by atoms with E-state index in [2.05, 4.69) is 19.6 Å². The lowest BCUT2D eigenvalue weighted by Crippen LogP contribution is -2.59. The molecule has 3 rings (SSSR count). The summed E-state index contributed by atoms with van der Waals surface area (Å²) in [7, 11) is 0. The third-order valence-corrected chi connectivity index (χ3v) is 7.55. The fraction of sp³-hybridized carbons (Fsp3) is 0.800. The van der Waals surface area contributed by atoms with Gasteiger partial charge in [-0.2, -0.15) is 0 Å². The molecule has 136 valence electrons. The summed E-state index contributed by atoms with van der Waals surface area (Å²) in [5, 5.41) is 40.8. The molecule has 24 heavy (non-hydrogen) atoms. The molecule has 0 spiro atoms. The molecule has 0 aromatic carbocycles. The molecule has 0 aromatic heterocycles. The minimum absolute atomic E-state index is 0.0235. The summed E-state index contributed by atoms with van der Waals surface area (Å²) >= 11 is 0. The van der Waals surface area contributed by atoms with Gasteiger partial charge in [-0.1, -0.05) is 32.1 Å². The molecule has 0 amide bonds. The van der Waals surface area contributed by atoms with Gasteiger partial charge in [-0.25, -0.2) is 0 Å². The second-order valence-electron chi connectivity index (χ2n) is 8.79. The summed E-state index contributed by atoms with van der Waals surface area (Å²) in [6.07, 6.45) is 5.17. The van der Waals surface area contributed by atoms with E-state index in [1.807, 2.05) is 6.92 Å². The van der Waals surface area contributed by atoms with Crippen LogP contribution in [0.5, 0.6) is 0 Å². The molecule has 2 saturated carbocycles. The Balaban J connectivity index is 1.96. The van der Waals surface area contributed by atoms with Gasteiger partial charge in [0.2, 0.25) is 0 Å². The topological polar surface area (TPSA) is 80.9 Å². The molecule has 4 nitrogen and oxygen atoms in total. The zero-order chi connectivity index (χ0) is 17.7. The standard InChI is InChI=1S/C20H32O4/c1-12(10-21)14-8-13-4-5-16-19(2,18(13)15(23)9-14)7-6-17(24)20(16,3)11-22/h4,14-18,21-24H,1,5-11H2,2-3H3/t14-,15-,16-,17+,18-,19+,20-/m0/s1. The van der Waals surface area contributed by atoms with Crippen molar-refractivity contribution in [1.29, 1.82) is 0 Å². The molecule has 0 unspecified atom stereocenters. The SMILES string of the molecule is C=C(CO)[C@H]1CC2=CC[C@@H]3[C@](C)(CO)[C@H](O)CC[C@@]3(C)[C@@H]2[C@@H](O)C1. The third kappa shape index (κ3) is 2.50. The van der Waals surface area contributed by atoms with Crippen molar-refractivity contribution >= 4 is 0 Å². The van der Waals surface area contributed by atoms with E-state index in [-0.39, 0.29) is 36.4 Å². The van der Waals surface area contributed by atoms with Gasteiger partial charge < -0.3 is 20.4 Å². The van der Waals surface area contributed by atoms with E-state index in [4.69, 9.17) is 0 Å². The third-order valence-electron chi connectivity index (χ3n) is 7.55. The Morgan fingerprint density at radius 2 is 2.00 bits per heavy atom. The predicted molar refractivity (Wildman–Crippen MR) is 93.2 cm³/mol. The summed E-state index contributed by atoms with van der Waals surface area (Å²) in [5.74, 6) is 0.392. The van der Waals surface area contributed by atoms with Crippen LogP contribution in [0.3, 0.4) is 0 Å². The first-order valence-corrected chi connectivity index (χ1v) is 9.22. The zero-order valence-corrected chi connectivity index (χ0v) is 14.9.